The molecule has 134 valence electrons. The first-order valence-electron chi connectivity index (χ1n) is 7.90. The zero-order chi connectivity index (χ0) is 17.9. The molecule has 1 aromatic carbocycles. The lowest BCUT2D eigenvalue weighted by molar-refractivity contribution is 0.206. The smallest absolute Gasteiger partial charge is 0.317 e. The van der Waals surface area contributed by atoms with E-state index in [0.29, 0.717) is 31.2 Å². The molecule has 0 spiro atoms. The van der Waals surface area contributed by atoms with Crippen molar-refractivity contribution in [3.05, 3.63) is 36.2 Å². The first kappa shape index (κ1) is 17.4. The molecule has 1 atom stereocenters. The minimum absolute atomic E-state index is 0.0979. The van der Waals surface area contributed by atoms with Crippen molar-refractivity contribution in [2.45, 2.75) is 13.0 Å². The topological polar surface area (TPSA) is 134 Å². The number of benzene rings is 1. The van der Waals surface area contributed by atoms with Crippen molar-refractivity contribution < 1.29 is 13.2 Å². The monoisotopic (exact) mass is 364 g/mol. The van der Waals surface area contributed by atoms with Crippen LogP contribution in [0.3, 0.4) is 0 Å². The van der Waals surface area contributed by atoms with Gasteiger partial charge in [-0.25, -0.2) is 23.3 Å². The lowest BCUT2D eigenvalue weighted by Crippen LogP contribution is -2.38. The number of urea groups is 1. The van der Waals surface area contributed by atoms with Crippen LogP contribution in [0, 0.1) is 5.92 Å². The molecule has 3 rings (SSSR count). The van der Waals surface area contributed by atoms with Crippen LogP contribution in [0.4, 0.5) is 4.79 Å². The molecular weight excluding hydrogens is 344 g/mol. The highest BCUT2D eigenvalue weighted by Crippen LogP contribution is 2.17. The molecule has 1 fully saturated rings. The predicted octanol–water partition coefficient (Wildman–Crippen LogP) is 0.292. The first-order valence-corrected chi connectivity index (χ1v) is 9.62. The van der Waals surface area contributed by atoms with Crippen LogP contribution >= 0.6 is 0 Å². The summed E-state index contributed by atoms with van der Waals surface area (Å²) in [7, 11) is -3.52. The summed E-state index contributed by atoms with van der Waals surface area (Å²) in [5, 5.41) is 14.7. The lowest BCUT2D eigenvalue weighted by Gasteiger charge is -2.16. The number of nitrogens with one attached hydrogen (secondary N) is 2. The van der Waals surface area contributed by atoms with E-state index < -0.39 is 10.0 Å². The van der Waals surface area contributed by atoms with E-state index in [2.05, 4.69) is 20.5 Å². The molecule has 1 aromatic heterocycles. The Morgan fingerprint density at radius 1 is 1.36 bits per heavy atom. The van der Waals surface area contributed by atoms with Gasteiger partial charge in [0.05, 0.1) is 12.3 Å². The predicted molar refractivity (Wildman–Crippen MR) is 91.7 cm³/mol. The molecule has 2 aromatic rings. The summed E-state index contributed by atoms with van der Waals surface area (Å²) >= 11 is 0. The molecule has 2 heterocycles. The second-order valence-electron chi connectivity index (χ2n) is 6.06. The molecule has 1 saturated heterocycles. The van der Waals surface area contributed by atoms with Gasteiger partial charge in [0.2, 0.25) is 10.0 Å². The highest BCUT2D eigenvalue weighted by molar-refractivity contribution is 7.89. The number of nitrogens with zero attached hydrogens (tertiary/aromatic N) is 3. The van der Waals surface area contributed by atoms with Crippen molar-refractivity contribution in [3.63, 3.8) is 0 Å². The molecule has 2 amide bonds. The number of H-pyrrole nitrogens is 1. The van der Waals surface area contributed by atoms with Crippen molar-refractivity contribution in [1.29, 1.82) is 0 Å². The molecule has 25 heavy (non-hydrogen) atoms. The van der Waals surface area contributed by atoms with E-state index in [4.69, 9.17) is 5.14 Å². The van der Waals surface area contributed by atoms with Crippen LogP contribution in [-0.2, 0) is 16.6 Å². The summed E-state index contributed by atoms with van der Waals surface area (Å²) in [5.74, 6) is 0.904. The summed E-state index contributed by atoms with van der Waals surface area (Å²) < 4.78 is 22.3. The quantitative estimate of drug-likeness (QED) is 0.701. The van der Waals surface area contributed by atoms with E-state index in [9.17, 15) is 13.2 Å². The van der Waals surface area contributed by atoms with Gasteiger partial charge in [-0.05, 0) is 12.3 Å². The van der Waals surface area contributed by atoms with Crippen LogP contribution in [0.1, 0.15) is 12.2 Å². The Balaban J connectivity index is 1.51. The van der Waals surface area contributed by atoms with Gasteiger partial charge in [0, 0.05) is 18.7 Å². The second-order valence-corrected chi connectivity index (χ2v) is 7.72. The van der Waals surface area contributed by atoms with Gasteiger partial charge in [0.25, 0.3) is 0 Å². The van der Waals surface area contributed by atoms with Crippen LogP contribution in [0.15, 0.2) is 30.3 Å². The standard InChI is InChI=1S/C15H20N6O3S/c16-25(23,24)10-11-6-7-21(9-11)15(22)17-8-13-18-14(20-19-13)12-4-2-1-3-5-12/h1-5,11H,6-10H2,(H,17,22)(H2,16,23,24)(H,18,19,20)/t11-/m0/s1. The third-order valence-electron chi connectivity index (χ3n) is 4.01. The SMILES string of the molecule is NS(=O)(=O)C[C@H]1CCN(C(=O)NCc2nc(-c3ccccc3)n[nH]2)C1. The van der Waals surface area contributed by atoms with Gasteiger partial charge < -0.3 is 10.2 Å². The average Bonchev–Trinajstić information content (AvgIpc) is 3.21. The number of amides is 2. The van der Waals surface area contributed by atoms with E-state index in [0.717, 1.165) is 5.56 Å². The van der Waals surface area contributed by atoms with Crippen molar-refractivity contribution >= 4 is 16.1 Å². The molecule has 0 radical (unpaired) electrons. The van der Waals surface area contributed by atoms with Crippen molar-refractivity contribution in [2.24, 2.45) is 11.1 Å². The molecule has 9 nitrogen and oxygen atoms in total. The lowest BCUT2D eigenvalue weighted by atomic mass is 10.2. The Bertz CT molecular complexity index is 836. The van der Waals surface area contributed by atoms with Gasteiger partial charge in [0.1, 0.15) is 5.82 Å². The number of hydrogen-bond donors (Lipinski definition) is 3. The Labute approximate surface area is 145 Å². The van der Waals surface area contributed by atoms with Gasteiger partial charge in [-0.2, -0.15) is 5.10 Å². The van der Waals surface area contributed by atoms with Gasteiger partial charge in [-0.1, -0.05) is 30.3 Å². The maximum Gasteiger partial charge on any atom is 0.317 e. The summed E-state index contributed by atoms with van der Waals surface area (Å²) in [4.78, 5) is 18.1. The molecular formula is C15H20N6O3S. The highest BCUT2D eigenvalue weighted by atomic mass is 32.2. The Morgan fingerprint density at radius 3 is 2.84 bits per heavy atom. The van der Waals surface area contributed by atoms with E-state index in [1.807, 2.05) is 30.3 Å². The molecule has 0 aliphatic carbocycles. The van der Waals surface area contributed by atoms with E-state index in [-0.39, 0.29) is 24.2 Å². The number of sulfonamides is 1. The summed E-state index contributed by atoms with van der Waals surface area (Å²) in [5.41, 5.74) is 0.890. The zero-order valence-corrected chi connectivity index (χ0v) is 14.4. The molecule has 10 heteroatoms. The number of rotatable bonds is 5. The van der Waals surface area contributed by atoms with Gasteiger partial charge in [-0.15, -0.1) is 0 Å². The molecule has 4 N–H and O–H groups in total. The maximum atomic E-state index is 12.2. The number of aromatic nitrogens is 3. The number of likely N-dealkylation sites (tertiary alicyclic amines) is 1. The zero-order valence-electron chi connectivity index (χ0n) is 13.6. The Morgan fingerprint density at radius 2 is 2.12 bits per heavy atom. The number of aromatic amines is 1. The van der Waals surface area contributed by atoms with Crippen LogP contribution < -0.4 is 10.5 Å². The molecule has 1 aliphatic heterocycles. The third-order valence-corrected chi connectivity index (χ3v) is 4.95. The number of carbonyl (C=O) groups excluding carboxylic acids is 1. The second kappa shape index (κ2) is 7.19. The van der Waals surface area contributed by atoms with E-state index >= 15 is 0 Å². The molecule has 0 unspecified atom stereocenters. The van der Waals surface area contributed by atoms with Crippen molar-refractivity contribution in [2.75, 3.05) is 18.8 Å². The van der Waals surface area contributed by atoms with Gasteiger partial charge in [0.15, 0.2) is 5.82 Å². The largest absolute Gasteiger partial charge is 0.331 e. The summed E-state index contributed by atoms with van der Waals surface area (Å²) in [6, 6.07) is 9.27. The highest BCUT2D eigenvalue weighted by Gasteiger charge is 2.28. The number of nitrogens with two attached hydrogens (primary N) is 1. The fourth-order valence-electron chi connectivity index (χ4n) is 2.84. The van der Waals surface area contributed by atoms with Crippen molar-refractivity contribution in [1.82, 2.24) is 25.4 Å². The summed E-state index contributed by atoms with van der Waals surface area (Å²) in [6.45, 7) is 1.11. The Hall–Kier alpha value is -2.46. The van der Waals surface area contributed by atoms with Crippen LogP contribution in [0.5, 0.6) is 0 Å². The van der Waals surface area contributed by atoms with Gasteiger partial charge in [-0.3, -0.25) is 5.10 Å². The number of carbonyl (C=O) groups is 1. The fourth-order valence-corrected chi connectivity index (χ4v) is 3.77. The first-order chi connectivity index (χ1) is 11.9. The van der Waals surface area contributed by atoms with Crippen LogP contribution in [0.2, 0.25) is 0 Å². The maximum absolute atomic E-state index is 12.2. The van der Waals surface area contributed by atoms with Crippen LogP contribution in [-0.4, -0.2) is 53.4 Å². The average molecular weight is 364 g/mol. The minimum Gasteiger partial charge on any atom is -0.331 e. The third kappa shape index (κ3) is 4.77. The van der Waals surface area contributed by atoms with Crippen LogP contribution in [0.25, 0.3) is 11.4 Å². The summed E-state index contributed by atoms with van der Waals surface area (Å²) in [6.07, 6.45) is 0.629. The molecule has 0 bridgehead atoms. The fraction of sp³-hybridized carbons (Fsp3) is 0.400. The minimum atomic E-state index is -3.52. The normalized spacial score (nSPS) is 17.6. The van der Waals surface area contributed by atoms with Crippen molar-refractivity contribution in [3.8, 4) is 11.4 Å². The van der Waals surface area contributed by atoms with Gasteiger partial charge >= 0.3 is 6.03 Å². The molecule has 1 aliphatic rings. The van der Waals surface area contributed by atoms with E-state index in [1.165, 1.54) is 0 Å². The number of primary sulfonamides is 1. The Kier molecular flexibility index (Phi) is 5.00. The number of hydrogen-bond acceptors (Lipinski definition) is 5. The molecule has 0 saturated carbocycles. The van der Waals surface area contributed by atoms with E-state index in [1.54, 1.807) is 4.90 Å².